The van der Waals surface area contributed by atoms with E-state index in [4.69, 9.17) is 4.74 Å². The van der Waals surface area contributed by atoms with Gasteiger partial charge in [0.2, 0.25) is 0 Å². The topological polar surface area (TPSA) is 40.1 Å². The van der Waals surface area contributed by atoms with Crippen LogP contribution in [0.1, 0.15) is 56.1 Å². The lowest BCUT2D eigenvalue weighted by molar-refractivity contribution is 0.0625. The molecular formula is C24H41IN4O. The summed E-state index contributed by atoms with van der Waals surface area (Å²) in [6.45, 7) is 7.26. The number of ether oxygens (including phenoxy) is 1. The molecule has 1 aromatic carbocycles. The molecule has 1 aromatic rings. The summed E-state index contributed by atoms with van der Waals surface area (Å²) in [5, 5.41) is 3.60. The number of rotatable bonds is 7. The van der Waals surface area contributed by atoms with Crippen molar-refractivity contribution in [3.8, 4) is 0 Å². The van der Waals surface area contributed by atoms with E-state index >= 15 is 0 Å². The molecule has 0 bridgehead atoms. The zero-order chi connectivity index (χ0) is 20.3. The summed E-state index contributed by atoms with van der Waals surface area (Å²) in [7, 11) is 4.04. The van der Waals surface area contributed by atoms with Gasteiger partial charge >= 0.3 is 0 Å². The van der Waals surface area contributed by atoms with Crippen LogP contribution in [0.5, 0.6) is 0 Å². The van der Waals surface area contributed by atoms with Gasteiger partial charge in [0.15, 0.2) is 5.96 Å². The lowest BCUT2D eigenvalue weighted by Gasteiger charge is -2.27. The first-order valence-corrected chi connectivity index (χ1v) is 11.5. The fourth-order valence-corrected chi connectivity index (χ4v) is 4.50. The van der Waals surface area contributed by atoms with E-state index in [1.54, 1.807) is 0 Å². The molecule has 30 heavy (non-hydrogen) atoms. The second kappa shape index (κ2) is 14.2. The van der Waals surface area contributed by atoms with Crippen molar-refractivity contribution in [2.45, 2.75) is 58.0 Å². The molecule has 0 atom stereocenters. The van der Waals surface area contributed by atoms with Crippen molar-refractivity contribution in [1.29, 1.82) is 0 Å². The molecule has 2 saturated heterocycles. The van der Waals surface area contributed by atoms with Crippen LogP contribution >= 0.6 is 24.0 Å². The minimum absolute atomic E-state index is 0. The largest absolute Gasteiger partial charge is 0.381 e. The Hall–Kier alpha value is -0.860. The maximum atomic E-state index is 5.48. The van der Waals surface area contributed by atoms with Crippen molar-refractivity contribution in [2.75, 3.05) is 46.9 Å². The van der Waals surface area contributed by atoms with Crippen molar-refractivity contribution < 1.29 is 4.74 Å². The summed E-state index contributed by atoms with van der Waals surface area (Å²) in [5.41, 5.74) is 2.83. The van der Waals surface area contributed by atoms with Crippen LogP contribution in [-0.4, -0.2) is 62.7 Å². The normalized spacial score (nSPS) is 19.1. The summed E-state index contributed by atoms with van der Waals surface area (Å²) in [4.78, 5) is 9.42. The molecule has 0 radical (unpaired) electrons. The highest BCUT2D eigenvalue weighted by molar-refractivity contribution is 14.0. The number of halogens is 1. The molecule has 6 heteroatoms. The molecule has 0 aromatic heterocycles. The van der Waals surface area contributed by atoms with Crippen LogP contribution in [0.15, 0.2) is 29.3 Å². The molecule has 0 spiro atoms. The van der Waals surface area contributed by atoms with Gasteiger partial charge in [0.05, 0.1) is 0 Å². The molecular weight excluding hydrogens is 487 g/mol. The quantitative estimate of drug-likeness (QED) is 0.322. The summed E-state index contributed by atoms with van der Waals surface area (Å²) in [6.07, 6.45) is 9.06. The molecule has 0 aliphatic carbocycles. The fourth-order valence-electron chi connectivity index (χ4n) is 4.50. The van der Waals surface area contributed by atoms with Gasteiger partial charge in [-0.15, -0.1) is 24.0 Å². The second-order valence-electron chi connectivity index (χ2n) is 8.63. The number of hydrogen-bond donors (Lipinski definition) is 1. The van der Waals surface area contributed by atoms with E-state index < -0.39 is 0 Å². The zero-order valence-electron chi connectivity index (χ0n) is 18.9. The Kier molecular flexibility index (Phi) is 12.1. The molecule has 0 unspecified atom stereocenters. The summed E-state index contributed by atoms with van der Waals surface area (Å²) in [5.74, 6) is 1.78. The third-order valence-electron chi connectivity index (χ3n) is 6.43. The van der Waals surface area contributed by atoms with Gasteiger partial charge in [0, 0.05) is 46.9 Å². The smallest absolute Gasteiger partial charge is 0.193 e. The Balaban J connectivity index is 0.00000320. The van der Waals surface area contributed by atoms with Crippen LogP contribution < -0.4 is 5.32 Å². The van der Waals surface area contributed by atoms with Gasteiger partial charge in [-0.1, -0.05) is 37.1 Å². The first kappa shape index (κ1) is 25.4. The van der Waals surface area contributed by atoms with Gasteiger partial charge in [0.1, 0.15) is 0 Å². The molecule has 2 aliphatic rings. The average Bonchev–Trinajstić information content (AvgIpc) is 3.03. The number of likely N-dealkylation sites (tertiary alicyclic amines) is 1. The van der Waals surface area contributed by atoms with Gasteiger partial charge in [-0.2, -0.15) is 0 Å². The summed E-state index contributed by atoms with van der Waals surface area (Å²) >= 11 is 0. The van der Waals surface area contributed by atoms with E-state index in [-0.39, 0.29) is 24.0 Å². The van der Waals surface area contributed by atoms with E-state index in [0.29, 0.717) is 0 Å². The van der Waals surface area contributed by atoms with Gasteiger partial charge in [0.25, 0.3) is 0 Å². The number of benzene rings is 1. The summed E-state index contributed by atoms with van der Waals surface area (Å²) < 4.78 is 5.48. The fraction of sp³-hybridized carbons (Fsp3) is 0.708. The molecule has 0 saturated carbocycles. The number of aliphatic imine (C=N–C) groups is 1. The maximum absolute atomic E-state index is 5.48. The van der Waals surface area contributed by atoms with Crippen molar-refractivity contribution in [1.82, 2.24) is 15.1 Å². The minimum atomic E-state index is 0. The van der Waals surface area contributed by atoms with Crippen molar-refractivity contribution in [2.24, 2.45) is 10.9 Å². The SMILES string of the molecule is CN=C(NCc1ccccc1CN1CCCCCC1)N(C)CCC1CCOCC1.I. The molecule has 2 heterocycles. The van der Waals surface area contributed by atoms with Crippen LogP contribution in [0.4, 0.5) is 0 Å². The van der Waals surface area contributed by atoms with E-state index in [1.165, 1.54) is 69.2 Å². The highest BCUT2D eigenvalue weighted by atomic mass is 127. The third kappa shape index (κ3) is 8.35. The first-order chi connectivity index (χ1) is 14.3. The molecule has 5 nitrogen and oxygen atoms in total. The number of hydrogen-bond acceptors (Lipinski definition) is 3. The predicted molar refractivity (Wildman–Crippen MR) is 137 cm³/mol. The van der Waals surface area contributed by atoms with Gasteiger partial charge in [-0.3, -0.25) is 9.89 Å². The van der Waals surface area contributed by atoms with Crippen LogP contribution in [0.2, 0.25) is 0 Å². The number of guanidine groups is 1. The van der Waals surface area contributed by atoms with Crippen molar-refractivity contribution >= 4 is 29.9 Å². The minimum Gasteiger partial charge on any atom is -0.381 e. The predicted octanol–water partition coefficient (Wildman–Crippen LogP) is 4.50. The highest BCUT2D eigenvalue weighted by Gasteiger charge is 2.16. The molecule has 170 valence electrons. The van der Waals surface area contributed by atoms with E-state index in [1.807, 2.05) is 7.05 Å². The average molecular weight is 529 g/mol. The standard InChI is InChI=1S/C24H40N4O.HI/c1-25-24(27(2)16-11-21-12-17-29-18-13-21)26-19-22-9-5-6-10-23(22)20-28-14-7-3-4-8-15-28;/h5-6,9-10,21H,3-4,7-8,11-20H2,1-2H3,(H,25,26);1H. The van der Waals surface area contributed by atoms with Gasteiger partial charge < -0.3 is 15.0 Å². The molecule has 2 aliphatic heterocycles. The van der Waals surface area contributed by atoms with E-state index in [0.717, 1.165) is 44.7 Å². The molecule has 2 fully saturated rings. The lowest BCUT2D eigenvalue weighted by atomic mass is 9.96. The van der Waals surface area contributed by atoms with Crippen molar-refractivity contribution in [3.05, 3.63) is 35.4 Å². The number of nitrogens with one attached hydrogen (secondary N) is 1. The van der Waals surface area contributed by atoms with Crippen LogP contribution in [-0.2, 0) is 17.8 Å². The first-order valence-electron chi connectivity index (χ1n) is 11.5. The molecule has 1 N–H and O–H groups in total. The lowest BCUT2D eigenvalue weighted by Crippen LogP contribution is -2.40. The zero-order valence-corrected chi connectivity index (χ0v) is 21.3. The second-order valence-corrected chi connectivity index (χ2v) is 8.63. The van der Waals surface area contributed by atoms with E-state index in [2.05, 4.69) is 51.4 Å². The highest BCUT2D eigenvalue weighted by Crippen LogP contribution is 2.19. The maximum Gasteiger partial charge on any atom is 0.193 e. The Labute approximate surface area is 200 Å². The van der Waals surface area contributed by atoms with Gasteiger partial charge in [-0.05, 0) is 62.2 Å². The Morgan fingerprint density at radius 3 is 2.43 bits per heavy atom. The Morgan fingerprint density at radius 1 is 1.10 bits per heavy atom. The number of nitrogens with zero attached hydrogens (tertiary/aromatic N) is 3. The van der Waals surface area contributed by atoms with Crippen LogP contribution in [0, 0.1) is 5.92 Å². The third-order valence-corrected chi connectivity index (χ3v) is 6.43. The molecule has 3 rings (SSSR count). The monoisotopic (exact) mass is 528 g/mol. The van der Waals surface area contributed by atoms with Crippen LogP contribution in [0.25, 0.3) is 0 Å². The molecule has 0 amide bonds. The van der Waals surface area contributed by atoms with E-state index in [9.17, 15) is 0 Å². The van der Waals surface area contributed by atoms with Crippen LogP contribution in [0.3, 0.4) is 0 Å². The Bertz CT molecular complexity index is 625. The van der Waals surface area contributed by atoms with Crippen molar-refractivity contribution in [3.63, 3.8) is 0 Å². The van der Waals surface area contributed by atoms with Gasteiger partial charge in [-0.25, -0.2) is 0 Å². The summed E-state index contributed by atoms with van der Waals surface area (Å²) in [6, 6.07) is 8.88. The Morgan fingerprint density at radius 2 is 1.77 bits per heavy atom.